The van der Waals surface area contributed by atoms with Gasteiger partial charge in [0, 0.05) is 23.3 Å². The molecule has 2 heteroatoms. The molecule has 19 heavy (non-hydrogen) atoms. The van der Waals surface area contributed by atoms with E-state index < -0.39 is 0 Å². The molecule has 0 spiro atoms. The van der Waals surface area contributed by atoms with Gasteiger partial charge < -0.3 is 4.74 Å². The van der Waals surface area contributed by atoms with Crippen LogP contribution in [0.3, 0.4) is 0 Å². The summed E-state index contributed by atoms with van der Waals surface area (Å²) in [5.41, 5.74) is 3.40. The van der Waals surface area contributed by atoms with E-state index in [2.05, 4.69) is 41.0 Å². The van der Waals surface area contributed by atoms with Crippen molar-refractivity contribution in [1.29, 1.82) is 0 Å². The van der Waals surface area contributed by atoms with Gasteiger partial charge in [-0.25, -0.2) is 4.58 Å². The lowest BCUT2D eigenvalue weighted by Crippen LogP contribution is -2.10. The normalized spacial score (nSPS) is 16.4. The van der Waals surface area contributed by atoms with Crippen LogP contribution in [0.1, 0.15) is 5.56 Å². The van der Waals surface area contributed by atoms with Crippen LogP contribution in [0.4, 0.5) is 0 Å². The summed E-state index contributed by atoms with van der Waals surface area (Å²) >= 11 is 0. The third kappa shape index (κ3) is 2.29. The van der Waals surface area contributed by atoms with Crippen LogP contribution in [0.25, 0.3) is 6.08 Å². The fourth-order valence-electron chi connectivity index (χ4n) is 2.11. The van der Waals surface area contributed by atoms with Crippen LogP contribution in [0.2, 0.25) is 0 Å². The minimum absolute atomic E-state index is 0.893. The van der Waals surface area contributed by atoms with Crippen LogP contribution >= 0.6 is 0 Å². The second kappa shape index (κ2) is 4.73. The smallest absolute Gasteiger partial charge is 0.199 e. The van der Waals surface area contributed by atoms with Crippen LogP contribution in [-0.2, 0) is 0 Å². The van der Waals surface area contributed by atoms with Crippen molar-refractivity contribution < 1.29 is 9.31 Å². The molecular weight excluding hydrogens is 234 g/mol. The van der Waals surface area contributed by atoms with Crippen molar-refractivity contribution in [1.82, 2.24) is 0 Å². The standard InChI is InChI=1S/C17H16NO/c1-18(2)15-10-7-14(8-11-15)17-12-9-13-5-3-4-6-16(13)19-17/h3-12H,1-2H3/q+1. The molecule has 1 heterocycles. The maximum absolute atomic E-state index is 5.93. The van der Waals surface area contributed by atoms with Gasteiger partial charge in [0.05, 0.1) is 0 Å². The summed E-state index contributed by atoms with van der Waals surface area (Å²) in [6.07, 6.45) is 12.5. The Morgan fingerprint density at radius 1 is 0.842 bits per heavy atom. The van der Waals surface area contributed by atoms with E-state index in [4.69, 9.17) is 4.74 Å². The molecule has 0 amide bonds. The summed E-state index contributed by atoms with van der Waals surface area (Å²) in [7, 11) is 4.07. The van der Waals surface area contributed by atoms with Gasteiger partial charge in [0.1, 0.15) is 25.6 Å². The van der Waals surface area contributed by atoms with Crippen LogP contribution < -0.4 is 4.74 Å². The summed E-state index contributed by atoms with van der Waals surface area (Å²) in [4.78, 5) is 0. The zero-order valence-electron chi connectivity index (χ0n) is 11.1. The molecule has 0 bridgehead atoms. The molecule has 1 aliphatic carbocycles. The molecule has 0 unspecified atom stereocenters. The Hall–Kier alpha value is -2.35. The lowest BCUT2D eigenvalue weighted by molar-refractivity contribution is -0.462. The molecular formula is C17H16NO+. The van der Waals surface area contributed by atoms with Gasteiger partial charge in [-0.15, -0.1) is 0 Å². The average molecular weight is 250 g/mol. The largest absolute Gasteiger partial charge is 0.456 e. The van der Waals surface area contributed by atoms with Crippen LogP contribution in [0.5, 0.6) is 5.75 Å². The fourth-order valence-corrected chi connectivity index (χ4v) is 2.11. The number of para-hydroxylation sites is 1. The Labute approximate surface area is 113 Å². The van der Waals surface area contributed by atoms with E-state index >= 15 is 0 Å². The molecule has 1 aliphatic heterocycles. The van der Waals surface area contributed by atoms with Crippen molar-refractivity contribution in [3.05, 3.63) is 71.5 Å². The molecule has 3 rings (SSSR count). The zero-order valence-corrected chi connectivity index (χ0v) is 11.1. The Bertz CT molecular complexity index is 650. The van der Waals surface area contributed by atoms with E-state index in [0.29, 0.717) is 0 Å². The third-order valence-electron chi connectivity index (χ3n) is 3.22. The van der Waals surface area contributed by atoms with Gasteiger partial charge in [-0.2, -0.15) is 0 Å². The Balaban J connectivity index is 1.95. The van der Waals surface area contributed by atoms with Crippen molar-refractivity contribution in [2.24, 2.45) is 0 Å². The summed E-state index contributed by atoms with van der Waals surface area (Å²) in [5.74, 6) is 1.81. The van der Waals surface area contributed by atoms with E-state index in [0.717, 1.165) is 22.6 Å². The Kier molecular flexibility index (Phi) is 2.92. The van der Waals surface area contributed by atoms with Crippen molar-refractivity contribution in [3.63, 3.8) is 0 Å². The van der Waals surface area contributed by atoms with Crippen molar-refractivity contribution in [3.8, 4) is 5.75 Å². The van der Waals surface area contributed by atoms with Gasteiger partial charge in [0.25, 0.3) is 0 Å². The predicted molar refractivity (Wildman–Crippen MR) is 78.5 cm³/mol. The van der Waals surface area contributed by atoms with E-state index in [1.165, 1.54) is 5.71 Å². The molecule has 1 aromatic carbocycles. The second-order valence-corrected chi connectivity index (χ2v) is 4.78. The Morgan fingerprint density at radius 2 is 1.58 bits per heavy atom. The zero-order chi connectivity index (χ0) is 13.2. The quantitative estimate of drug-likeness (QED) is 0.644. The summed E-state index contributed by atoms with van der Waals surface area (Å²) in [5, 5.41) is 0. The highest BCUT2D eigenvalue weighted by Gasteiger charge is 2.13. The first-order valence-electron chi connectivity index (χ1n) is 6.34. The number of nitrogens with zero attached hydrogens (tertiary/aromatic N) is 1. The van der Waals surface area contributed by atoms with Crippen molar-refractivity contribution in [2.45, 2.75) is 0 Å². The lowest BCUT2D eigenvalue weighted by Gasteiger charge is -2.16. The van der Waals surface area contributed by atoms with Gasteiger partial charge in [-0.3, -0.25) is 0 Å². The summed E-state index contributed by atoms with van der Waals surface area (Å²) in [6.45, 7) is 0. The van der Waals surface area contributed by atoms with Gasteiger partial charge >= 0.3 is 0 Å². The molecule has 2 aliphatic rings. The van der Waals surface area contributed by atoms with Gasteiger partial charge in [-0.05, 0) is 30.4 Å². The molecule has 0 fully saturated rings. The summed E-state index contributed by atoms with van der Waals surface area (Å²) in [6, 6.07) is 8.05. The average Bonchev–Trinajstić information content (AvgIpc) is 2.47. The monoisotopic (exact) mass is 250 g/mol. The first-order valence-corrected chi connectivity index (χ1v) is 6.34. The summed E-state index contributed by atoms with van der Waals surface area (Å²) < 4.78 is 8.02. The number of hydrogen-bond acceptors (Lipinski definition) is 1. The number of allylic oxidation sites excluding steroid dienone is 6. The first-order chi connectivity index (χ1) is 9.24. The molecule has 0 radical (unpaired) electrons. The molecule has 0 atom stereocenters. The predicted octanol–water partition coefficient (Wildman–Crippen LogP) is 3.19. The van der Waals surface area contributed by atoms with Crippen molar-refractivity contribution >= 4 is 11.8 Å². The van der Waals surface area contributed by atoms with E-state index in [1.54, 1.807) is 0 Å². The minimum atomic E-state index is 0.893. The van der Waals surface area contributed by atoms with Crippen LogP contribution in [-0.4, -0.2) is 24.4 Å². The molecule has 0 aromatic heterocycles. The highest BCUT2D eigenvalue weighted by Crippen LogP contribution is 2.29. The maximum Gasteiger partial charge on any atom is 0.199 e. The number of rotatable bonds is 0. The minimum Gasteiger partial charge on any atom is -0.456 e. The van der Waals surface area contributed by atoms with Crippen LogP contribution in [0, 0.1) is 0 Å². The van der Waals surface area contributed by atoms with Gasteiger partial charge in [0.15, 0.2) is 5.71 Å². The third-order valence-corrected chi connectivity index (χ3v) is 3.22. The second-order valence-electron chi connectivity index (χ2n) is 4.78. The van der Waals surface area contributed by atoms with Crippen LogP contribution in [0.15, 0.2) is 66.0 Å². The maximum atomic E-state index is 5.93. The van der Waals surface area contributed by atoms with E-state index in [9.17, 15) is 0 Å². The van der Waals surface area contributed by atoms with Gasteiger partial charge in [-0.1, -0.05) is 18.2 Å². The highest BCUT2D eigenvalue weighted by atomic mass is 16.5. The van der Waals surface area contributed by atoms with Crippen molar-refractivity contribution in [2.75, 3.05) is 14.1 Å². The molecule has 94 valence electrons. The molecule has 0 saturated carbocycles. The highest BCUT2D eigenvalue weighted by molar-refractivity contribution is 6.02. The number of fused-ring (bicyclic) bond motifs is 1. The molecule has 0 saturated heterocycles. The topological polar surface area (TPSA) is 12.2 Å². The number of hydrogen-bond donors (Lipinski definition) is 0. The first kappa shape index (κ1) is 11.7. The number of benzene rings is 1. The van der Waals surface area contributed by atoms with Gasteiger partial charge in [0.2, 0.25) is 0 Å². The van der Waals surface area contributed by atoms with E-state index in [-0.39, 0.29) is 0 Å². The SMILES string of the molecule is C[N+](C)=C1C=CC(=C2C=Cc3ccccc3O2)C=C1. The Morgan fingerprint density at radius 3 is 2.32 bits per heavy atom. The fraction of sp³-hybridized carbons (Fsp3) is 0.118. The molecule has 1 aromatic rings. The molecule has 0 N–H and O–H groups in total. The lowest BCUT2D eigenvalue weighted by atomic mass is 10.0. The molecule has 2 nitrogen and oxygen atoms in total. The number of ether oxygens (including phenoxy) is 1. The van der Waals surface area contributed by atoms with E-state index in [1.807, 2.05) is 38.4 Å².